The highest BCUT2D eigenvalue weighted by Gasteiger charge is 2.37. The molecule has 0 saturated heterocycles. The summed E-state index contributed by atoms with van der Waals surface area (Å²) in [7, 11) is 1.66. The second kappa shape index (κ2) is 12.1. The molecule has 0 aliphatic heterocycles. The van der Waals surface area contributed by atoms with Gasteiger partial charge < -0.3 is 25.8 Å². The van der Waals surface area contributed by atoms with E-state index in [1.807, 2.05) is 0 Å². The number of aliphatic carboxylic acids is 1. The van der Waals surface area contributed by atoms with Gasteiger partial charge in [-0.05, 0) is 57.9 Å². The number of benzene rings is 1. The first-order chi connectivity index (χ1) is 18.7. The second-order valence-electron chi connectivity index (χ2n) is 10.4. The molecule has 40 heavy (non-hydrogen) atoms. The Morgan fingerprint density at radius 2 is 1.85 bits per heavy atom. The molecule has 0 saturated carbocycles. The van der Waals surface area contributed by atoms with Crippen LogP contribution < -0.4 is 16.0 Å². The standard InChI is InChI=1S/C27H32F2N6O5/c1-26(2,3)40-25(39)34-27(4,24(37)38)15-31-23(36)19-12-20(29)21(17-13-32-35(5)14-17)33-22(19)30-10-9-16-7-6-8-18(28)11-16/h6-8,11-14H,9-10,15H2,1-5H3,(H,30,33)(H,31,36)(H,34,39)(H,37,38)/t27-/m1/s1. The molecule has 1 aromatic carbocycles. The van der Waals surface area contributed by atoms with E-state index in [0.717, 1.165) is 6.07 Å². The van der Waals surface area contributed by atoms with Gasteiger partial charge in [0.05, 0.1) is 18.3 Å². The SMILES string of the molecule is Cn1cc(-c2nc(NCCc3cccc(F)c3)c(C(=O)NC[C@@](C)(NC(=O)OC(C)(C)C)C(=O)O)cc2F)cn1. The smallest absolute Gasteiger partial charge is 0.408 e. The van der Waals surface area contributed by atoms with E-state index in [0.29, 0.717) is 17.5 Å². The van der Waals surface area contributed by atoms with Gasteiger partial charge in [-0.2, -0.15) is 5.10 Å². The number of nitrogens with one attached hydrogen (secondary N) is 3. The lowest BCUT2D eigenvalue weighted by Crippen LogP contribution is -2.59. The Labute approximate surface area is 229 Å². The Morgan fingerprint density at radius 3 is 2.45 bits per heavy atom. The average molecular weight is 559 g/mol. The van der Waals surface area contributed by atoms with Crippen molar-refractivity contribution in [3.8, 4) is 11.3 Å². The van der Waals surface area contributed by atoms with E-state index in [9.17, 15) is 23.9 Å². The van der Waals surface area contributed by atoms with Crippen molar-refractivity contribution in [1.82, 2.24) is 25.4 Å². The molecule has 3 aromatic rings. The number of nitrogens with zero attached hydrogens (tertiary/aromatic N) is 3. The Balaban J connectivity index is 1.84. The van der Waals surface area contributed by atoms with Crippen LogP contribution in [0.4, 0.5) is 19.4 Å². The van der Waals surface area contributed by atoms with E-state index in [1.54, 1.807) is 46.1 Å². The highest BCUT2D eigenvalue weighted by atomic mass is 19.1. The summed E-state index contributed by atoms with van der Waals surface area (Å²) in [5, 5.41) is 21.4. The fourth-order valence-electron chi connectivity index (χ4n) is 3.61. The van der Waals surface area contributed by atoms with Crippen molar-refractivity contribution in [3.63, 3.8) is 0 Å². The molecule has 0 radical (unpaired) electrons. The first kappa shape index (κ1) is 30.0. The lowest BCUT2D eigenvalue weighted by molar-refractivity contribution is -0.143. The molecule has 11 nitrogen and oxygen atoms in total. The maximum atomic E-state index is 15.1. The summed E-state index contributed by atoms with van der Waals surface area (Å²) in [5.41, 5.74) is -2.00. The van der Waals surface area contributed by atoms with E-state index in [4.69, 9.17) is 4.74 Å². The Hall–Kier alpha value is -4.55. The van der Waals surface area contributed by atoms with Crippen LogP contribution in [0, 0.1) is 11.6 Å². The number of hydrogen-bond donors (Lipinski definition) is 4. The van der Waals surface area contributed by atoms with Crippen LogP contribution >= 0.6 is 0 Å². The van der Waals surface area contributed by atoms with Crippen LogP contribution in [0.1, 0.15) is 43.6 Å². The number of pyridine rings is 1. The molecule has 2 heterocycles. The highest BCUT2D eigenvalue weighted by molar-refractivity contribution is 5.99. The summed E-state index contributed by atoms with van der Waals surface area (Å²) >= 11 is 0. The number of carboxylic acid groups (broad SMARTS) is 1. The predicted molar refractivity (Wildman–Crippen MR) is 143 cm³/mol. The number of rotatable bonds is 10. The monoisotopic (exact) mass is 558 g/mol. The third kappa shape index (κ3) is 7.98. The van der Waals surface area contributed by atoms with E-state index < -0.39 is 47.3 Å². The summed E-state index contributed by atoms with van der Waals surface area (Å²) in [6, 6.07) is 6.99. The molecule has 2 aromatic heterocycles. The van der Waals surface area contributed by atoms with Gasteiger partial charge in [0.2, 0.25) is 0 Å². The van der Waals surface area contributed by atoms with Crippen LogP contribution in [-0.4, -0.2) is 62.1 Å². The largest absolute Gasteiger partial charge is 0.479 e. The van der Waals surface area contributed by atoms with Crippen molar-refractivity contribution in [2.24, 2.45) is 7.05 Å². The lowest BCUT2D eigenvalue weighted by Gasteiger charge is -2.28. The molecule has 13 heteroatoms. The van der Waals surface area contributed by atoms with Gasteiger partial charge in [0.25, 0.3) is 5.91 Å². The van der Waals surface area contributed by atoms with E-state index in [-0.39, 0.29) is 23.6 Å². The van der Waals surface area contributed by atoms with E-state index >= 15 is 4.39 Å². The van der Waals surface area contributed by atoms with Crippen LogP contribution in [0.15, 0.2) is 42.7 Å². The van der Waals surface area contributed by atoms with Crippen LogP contribution in [0.25, 0.3) is 11.3 Å². The minimum atomic E-state index is -1.94. The molecule has 214 valence electrons. The zero-order chi connectivity index (χ0) is 29.7. The maximum absolute atomic E-state index is 15.1. The Kier molecular flexibility index (Phi) is 9.07. The summed E-state index contributed by atoms with van der Waals surface area (Å²) in [6.45, 7) is 5.73. The van der Waals surface area contributed by atoms with Crippen molar-refractivity contribution in [2.45, 2.75) is 45.3 Å². The number of carbonyl (C=O) groups excluding carboxylic acids is 2. The number of amides is 2. The molecule has 0 spiro atoms. The second-order valence-corrected chi connectivity index (χ2v) is 10.4. The minimum absolute atomic E-state index is 0.0197. The van der Waals surface area contributed by atoms with Gasteiger partial charge in [0.15, 0.2) is 11.4 Å². The number of halogens is 2. The lowest BCUT2D eigenvalue weighted by atomic mass is 10.0. The first-order valence-corrected chi connectivity index (χ1v) is 12.4. The minimum Gasteiger partial charge on any atom is -0.479 e. The molecular formula is C27H32F2N6O5. The van der Waals surface area contributed by atoms with Crippen molar-refractivity contribution < 1.29 is 33.0 Å². The van der Waals surface area contributed by atoms with Crippen molar-refractivity contribution >= 4 is 23.8 Å². The zero-order valence-electron chi connectivity index (χ0n) is 22.8. The summed E-state index contributed by atoms with van der Waals surface area (Å²) < 4.78 is 35.3. The van der Waals surface area contributed by atoms with Crippen LogP contribution in [0.5, 0.6) is 0 Å². The molecule has 0 fully saturated rings. The van der Waals surface area contributed by atoms with Crippen LogP contribution in [-0.2, 0) is 23.0 Å². The summed E-state index contributed by atoms with van der Waals surface area (Å²) in [5.74, 6) is -3.44. The molecule has 0 bridgehead atoms. The Morgan fingerprint density at radius 1 is 1.12 bits per heavy atom. The zero-order valence-corrected chi connectivity index (χ0v) is 22.8. The maximum Gasteiger partial charge on any atom is 0.408 e. The van der Waals surface area contributed by atoms with Gasteiger partial charge in [-0.1, -0.05) is 12.1 Å². The quantitative estimate of drug-likeness (QED) is 0.296. The van der Waals surface area contributed by atoms with Crippen molar-refractivity contribution in [1.29, 1.82) is 0 Å². The summed E-state index contributed by atoms with van der Waals surface area (Å²) in [6.07, 6.45) is 2.36. The first-order valence-electron chi connectivity index (χ1n) is 12.4. The summed E-state index contributed by atoms with van der Waals surface area (Å²) in [4.78, 5) is 41.7. The number of aromatic nitrogens is 3. The van der Waals surface area contributed by atoms with Crippen LogP contribution in [0.2, 0.25) is 0 Å². The van der Waals surface area contributed by atoms with E-state index in [1.165, 1.54) is 29.9 Å². The van der Waals surface area contributed by atoms with Crippen LogP contribution in [0.3, 0.4) is 0 Å². The molecule has 0 aliphatic carbocycles. The number of anilines is 1. The van der Waals surface area contributed by atoms with Gasteiger partial charge in [0, 0.05) is 25.4 Å². The Bertz CT molecular complexity index is 1400. The number of aryl methyl sites for hydroxylation is 1. The molecular weight excluding hydrogens is 526 g/mol. The van der Waals surface area contributed by atoms with Gasteiger partial charge in [-0.3, -0.25) is 9.48 Å². The molecule has 0 unspecified atom stereocenters. The number of alkyl carbamates (subject to hydrolysis) is 1. The van der Waals surface area contributed by atoms with Crippen molar-refractivity contribution in [3.05, 3.63) is 65.5 Å². The number of carboxylic acids is 1. The van der Waals surface area contributed by atoms with Gasteiger partial charge >= 0.3 is 12.1 Å². The van der Waals surface area contributed by atoms with Gasteiger partial charge in [-0.25, -0.2) is 23.4 Å². The van der Waals surface area contributed by atoms with Gasteiger partial charge in [-0.15, -0.1) is 0 Å². The topological polar surface area (TPSA) is 147 Å². The van der Waals surface area contributed by atoms with E-state index in [2.05, 4.69) is 26.0 Å². The molecule has 4 N–H and O–H groups in total. The van der Waals surface area contributed by atoms with Crippen molar-refractivity contribution in [2.75, 3.05) is 18.4 Å². The molecule has 3 rings (SSSR count). The third-order valence-electron chi connectivity index (χ3n) is 5.65. The van der Waals surface area contributed by atoms with Gasteiger partial charge in [0.1, 0.15) is 22.9 Å². The molecule has 0 aliphatic rings. The number of ether oxygens (including phenoxy) is 1. The third-order valence-corrected chi connectivity index (χ3v) is 5.65. The fourth-order valence-corrected chi connectivity index (χ4v) is 3.61. The highest BCUT2D eigenvalue weighted by Crippen LogP contribution is 2.25. The number of carbonyl (C=O) groups is 3. The molecule has 1 atom stereocenters. The molecule has 2 amide bonds. The predicted octanol–water partition coefficient (Wildman–Crippen LogP) is 3.51. The average Bonchev–Trinajstić information content (AvgIpc) is 3.27. The number of hydrogen-bond acceptors (Lipinski definition) is 7. The normalized spacial score (nSPS) is 12.8. The fraction of sp³-hybridized carbons (Fsp3) is 0.370.